The molecule has 2 amide bonds. The molecule has 2 rings (SSSR count). The lowest BCUT2D eigenvalue weighted by atomic mass is 10.1. The van der Waals surface area contributed by atoms with E-state index in [1.165, 1.54) is 31.4 Å². The lowest BCUT2D eigenvalue weighted by molar-refractivity contribution is 0.0592. The van der Waals surface area contributed by atoms with E-state index in [1.807, 2.05) is 0 Å². The van der Waals surface area contributed by atoms with Crippen molar-refractivity contribution in [1.82, 2.24) is 0 Å². The molecule has 0 aliphatic carbocycles. The molecule has 0 radical (unpaired) electrons. The standard InChI is InChI=1S/C17H14F2N2O5/c1-25-15(22)9-3-5-10(6-4-9)20-17(24)21-14-8-13(19)12(18)7-11(14)16(23)26-2/h3-8H,1-2H3,(H2,20,21,24). The molecule has 0 aliphatic rings. The number of carbonyl (C=O) groups excluding carboxylic acids is 3. The molecule has 136 valence electrons. The van der Waals surface area contributed by atoms with E-state index in [4.69, 9.17) is 0 Å². The fourth-order valence-electron chi connectivity index (χ4n) is 2.02. The highest BCUT2D eigenvalue weighted by Gasteiger charge is 2.18. The van der Waals surface area contributed by atoms with Crippen molar-refractivity contribution in [3.05, 3.63) is 59.2 Å². The minimum Gasteiger partial charge on any atom is -0.465 e. The molecule has 0 saturated heterocycles. The zero-order chi connectivity index (χ0) is 19.3. The average Bonchev–Trinajstić information content (AvgIpc) is 2.63. The smallest absolute Gasteiger partial charge is 0.340 e. The number of halogens is 2. The van der Waals surface area contributed by atoms with Crippen molar-refractivity contribution in [3.8, 4) is 0 Å². The van der Waals surface area contributed by atoms with Crippen LogP contribution in [-0.2, 0) is 9.47 Å². The predicted octanol–water partition coefficient (Wildman–Crippen LogP) is 3.18. The van der Waals surface area contributed by atoms with Gasteiger partial charge >= 0.3 is 18.0 Å². The summed E-state index contributed by atoms with van der Waals surface area (Å²) in [4.78, 5) is 35.0. The van der Waals surface area contributed by atoms with Crippen molar-refractivity contribution in [2.24, 2.45) is 0 Å². The van der Waals surface area contributed by atoms with Gasteiger partial charge in [0.05, 0.1) is 31.0 Å². The number of amides is 2. The van der Waals surface area contributed by atoms with Crippen molar-refractivity contribution in [1.29, 1.82) is 0 Å². The summed E-state index contributed by atoms with van der Waals surface area (Å²) in [5.74, 6) is -3.97. The van der Waals surface area contributed by atoms with Crippen molar-refractivity contribution in [2.75, 3.05) is 24.9 Å². The lowest BCUT2D eigenvalue weighted by Crippen LogP contribution is -2.21. The number of carbonyl (C=O) groups is 3. The molecule has 2 aromatic carbocycles. The maximum Gasteiger partial charge on any atom is 0.340 e. The Morgan fingerprint density at radius 2 is 1.42 bits per heavy atom. The summed E-state index contributed by atoms with van der Waals surface area (Å²) < 4.78 is 35.8. The van der Waals surface area contributed by atoms with Gasteiger partial charge < -0.3 is 20.1 Å². The Hall–Kier alpha value is -3.49. The Labute approximate surface area is 146 Å². The van der Waals surface area contributed by atoms with Crippen LogP contribution in [0.5, 0.6) is 0 Å². The molecular weight excluding hydrogens is 350 g/mol. The van der Waals surface area contributed by atoms with Gasteiger partial charge in [0.15, 0.2) is 11.6 Å². The van der Waals surface area contributed by atoms with Gasteiger partial charge in [-0.1, -0.05) is 0 Å². The van der Waals surface area contributed by atoms with Gasteiger partial charge in [0, 0.05) is 11.8 Å². The molecule has 0 saturated carbocycles. The molecule has 0 unspecified atom stereocenters. The van der Waals surface area contributed by atoms with E-state index < -0.39 is 29.6 Å². The monoisotopic (exact) mass is 364 g/mol. The number of rotatable bonds is 4. The summed E-state index contributed by atoms with van der Waals surface area (Å²) >= 11 is 0. The molecule has 2 aromatic rings. The number of hydrogen-bond acceptors (Lipinski definition) is 5. The summed E-state index contributed by atoms with van der Waals surface area (Å²) in [5, 5.41) is 4.66. The number of benzene rings is 2. The first-order valence-electron chi connectivity index (χ1n) is 7.19. The van der Waals surface area contributed by atoms with Crippen LogP contribution in [0.15, 0.2) is 36.4 Å². The van der Waals surface area contributed by atoms with Crippen LogP contribution < -0.4 is 10.6 Å². The Morgan fingerprint density at radius 1 is 0.846 bits per heavy atom. The van der Waals surface area contributed by atoms with Crippen LogP contribution >= 0.6 is 0 Å². The van der Waals surface area contributed by atoms with E-state index in [1.54, 1.807) is 0 Å². The first-order chi connectivity index (χ1) is 12.3. The maximum atomic E-state index is 13.4. The highest BCUT2D eigenvalue weighted by molar-refractivity contribution is 6.05. The molecule has 0 spiro atoms. The topological polar surface area (TPSA) is 93.7 Å². The van der Waals surface area contributed by atoms with Gasteiger partial charge in [-0.2, -0.15) is 0 Å². The Balaban J connectivity index is 2.16. The van der Waals surface area contributed by atoms with E-state index in [0.717, 1.165) is 7.11 Å². The van der Waals surface area contributed by atoms with E-state index >= 15 is 0 Å². The average molecular weight is 364 g/mol. The van der Waals surface area contributed by atoms with Crippen molar-refractivity contribution >= 4 is 29.3 Å². The molecule has 9 heteroatoms. The molecule has 2 N–H and O–H groups in total. The minimum atomic E-state index is -1.25. The minimum absolute atomic E-state index is 0.264. The Kier molecular flexibility index (Phi) is 5.84. The van der Waals surface area contributed by atoms with Crippen LogP contribution in [0, 0.1) is 11.6 Å². The van der Waals surface area contributed by atoms with Crippen LogP contribution in [0.25, 0.3) is 0 Å². The number of anilines is 2. The predicted molar refractivity (Wildman–Crippen MR) is 88.1 cm³/mol. The first kappa shape index (κ1) is 18.8. The third kappa shape index (κ3) is 4.32. The van der Waals surface area contributed by atoms with E-state index in [0.29, 0.717) is 17.8 Å². The van der Waals surface area contributed by atoms with Crippen LogP contribution in [0.3, 0.4) is 0 Å². The van der Waals surface area contributed by atoms with Crippen molar-refractivity contribution < 1.29 is 32.6 Å². The van der Waals surface area contributed by atoms with Gasteiger partial charge in [-0.15, -0.1) is 0 Å². The van der Waals surface area contributed by atoms with Gasteiger partial charge in [0.25, 0.3) is 0 Å². The molecule has 0 bridgehead atoms. The van der Waals surface area contributed by atoms with Gasteiger partial charge in [0.2, 0.25) is 0 Å². The number of ether oxygens (including phenoxy) is 2. The Bertz CT molecular complexity index is 853. The number of nitrogens with one attached hydrogen (secondary N) is 2. The van der Waals surface area contributed by atoms with Crippen molar-refractivity contribution in [2.45, 2.75) is 0 Å². The van der Waals surface area contributed by atoms with E-state index in [2.05, 4.69) is 20.1 Å². The van der Waals surface area contributed by atoms with Gasteiger partial charge in [-0.3, -0.25) is 0 Å². The van der Waals surface area contributed by atoms with Crippen LogP contribution in [0.4, 0.5) is 25.0 Å². The van der Waals surface area contributed by atoms with Gasteiger partial charge in [-0.05, 0) is 30.3 Å². The highest BCUT2D eigenvalue weighted by atomic mass is 19.2. The molecule has 0 fully saturated rings. The number of urea groups is 1. The second-order valence-electron chi connectivity index (χ2n) is 4.95. The lowest BCUT2D eigenvalue weighted by Gasteiger charge is -2.12. The SMILES string of the molecule is COC(=O)c1ccc(NC(=O)Nc2cc(F)c(F)cc2C(=O)OC)cc1. The molecular formula is C17H14F2N2O5. The third-order valence-electron chi connectivity index (χ3n) is 3.28. The van der Waals surface area contributed by atoms with Gasteiger partial charge in [0.1, 0.15) is 0 Å². The number of hydrogen-bond donors (Lipinski definition) is 2. The maximum absolute atomic E-state index is 13.4. The summed E-state index contributed by atoms with van der Waals surface area (Å²) in [6.45, 7) is 0. The highest BCUT2D eigenvalue weighted by Crippen LogP contribution is 2.21. The second-order valence-corrected chi connectivity index (χ2v) is 4.95. The van der Waals surface area contributed by atoms with Crippen LogP contribution in [0.1, 0.15) is 20.7 Å². The molecule has 0 aliphatic heterocycles. The summed E-state index contributed by atoms with van der Waals surface area (Å²) in [5.41, 5.74) is -0.00795. The Morgan fingerprint density at radius 3 is 2.00 bits per heavy atom. The van der Waals surface area contributed by atoms with Crippen LogP contribution in [0.2, 0.25) is 0 Å². The van der Waals surface area contributed by atoms with E-state index in [9.17, 15) is 23.2 Å². The summed E-state index contributed by atoms with van der Waals surface area (Å²) in [6.07, 6.45) is 0. The zero-order valence-corrected chi connectivity index (χ0v) is 13.8. The summed E-state index contributed by atoms with van der Waals surface area (Å²) in [7, 11) is 2.30. The fourth-order valence-corrected chi connectivity index (χ4v) is 2.02. The van der Waals surface area contributed by atoms with Crippen molar-refractivity contribution in [3.63, 3.8) is 0 Å². The fraction of sp³-hybridized carbons (Fsp3) is 0.118. The summed E-state index contributed by atoms with van der Waals surface area (Å²) in [6, 6.07) is 6.23. The quantitative estimate of drug-likeness (QED) is 0.813. The largest absolute Gasteiger partial charge is 0.465 e. The van der Waals surface area contributed by atoms with Crippen LogP contribution in [-0.4, -0.2) is 32.2 Å². The molecule has 7 nitrogen and oxygen atoms in total. The normalized spacial score (nSPS) is 10.0. The van der Waals surface area contributed by atoms with Gasteiger partial charge in [-0.25, -0.2) is 23.2 Å². The van der Waals surface area contributed by atoms with E-state index in [-0.39, 0.29) is 16.8 Å². The molecule has 0 heterocycles. The molecule has 0 atom stereocenters. The third-order valence-corrected chi connectivity index (χ3v) is 3.28. The first-order valence-corrected chi connectivity index (χ1v) is 7.19. The molecule has 0 aromatic heterocycles. The second kappa shape index (κ2) is 8.06. The zero-order valence-electron chi connectivity index (χ0n) is 13.8. The molecule has 26 heavy (non-hydrogen) atoms. The number of methoxy groups -OCH3 is 2. The number of esters is 2.